The van der Waals surface area contributed by atoms with Gasteiger partial charge in [0.2, 0.25) is 10.0 Å². The van der Waals surface area contributed by atoms with E-state index < -0.39 is 20.9 Å². The first-order valence-electron chi connectivity index (χ1n) is 6.48. The Balaban J connectivity index is 2.40. The summed E-state index contributed by atoms with van der Waals surface area (Å²) in [6.07, 6.45) is 0. The summed E-state index contributed by atoms with van der Waals surface area (Å²) in [7, 11) is -3.94. The van der Waals surface area contributed by atoms with Crippen molar-refractivity contribution in [3.63, 3.8) is 0 Å². The van der Waals surface area contributed by atoms with Crippen molar-refractivity contribution in [2.24, 2.45) is 5.14 Å². The van der Waals surface area contributed by atoms with Gasteiger partial charge in [-0.3, -0.25) is 14.9 Å². The zero-order valence-electron chi connectivity index (χ0n) is 12.3. The number of nitro benzene ring substituents is 1. The number of carbonyl (C=O) groups excluding carboxylic acids is 1. The molecule has 2 aromatic rings. The first-order chi connectivity index (χ1) is 11.1. The lowest BCUT2D eigenvalue weighted by Crippen LogP contribution is -2.16. The molecule has 0 atom stereocenters. The van der Waals surface area contributed by atoms with Crippen LogP contribution in [0, 0.1) is 17.0 Å². The number of non-ortho nitro benzene ring substituents is 1. The molecular weight excluding hydrogens is 358 g/mol. The van der Waals surface area contributed by atoms with Gasteiger partial charge in [0.05, 0.1) is 20.4 Å². The molecule has 8 nitrogen and oxygen atoms in total. The number of nitrogens with one attached hydrogen (secondary N) is 1. The molecule has 2 aromatic carbocycles. The Bertz CT molecular complexity index is 943. The second-order valence-corrected chi connectivity index (χ2v) is 6.87. The van der Waals surface area contributed by atoms with Crippen molar-refractivity contribution in [3.8, 4) is 0 Å². The van der Waals surface area contributed by atoms with Crippen LogP contribution in [0.5, 0.6) is 0 Å². The molecule has 0 bridgehead atoms. The highest BCUT2D eigenvalue weighted by Gasteiger charge is 2.17. The monoisotopic (exact) mass is 369 g/mol. The summed E-state index contributed by atoms with van der Waals surface area (Å²) in [5.74, 6) is -0.710. The van der Waals surface area contributed by atoms with E-state index >= 15 is 0 Å². The molecule has 0 radical (unpaired) electrons. The summed E-state index contributed by atoms with van der Waals surface area (Å²) in [4.78, 5) is 22.3. The molecule has 1 amide bonds. The third-order valence-electron chi connectivity index (χ3n) is 3.19. The number of rotatable bonds is 4. The number of hydrogen-bond donors (Lipinski definition) is 2. The van der Waals surface area contributed by atoms with Crippen molar-refractivity contribution < 1.29 is 18.1 Å². The Morgan fingerprint density at radius 1 is 1.25 bits per heavy atom. The van der Waals surface area contributed by atoms with E-state index in [-0.39, 0.29) is 26.9 Å². The highest BCUT2D eigenvalue weighted by atomic mass is 35.5. The van der Waals surface area contributed by atoms with Crippen LogP contribution in [-0.2, 0) is 10.0 Å². The molecule has 0 heterocycles. The second kappa shape index (κ2) is 6.56. The fraction of sp³-hybridized carbons (Fsp3) is 0.0714. The minimum Gasteiger partial charge on any atom is -0.322 e. The van der Waals surface area contributed by atoms with Gasteiger partial charge in [-0.1, -0.05) is 17.7 Å². The fourth-order valence-electron chi connectivity index (χ4n) is 1.90. The Kier molecular flexibility index (Phi) is 4.88. The number of aryl methyl sites for hydroxylation is 1. The van der Waals surface area contributed by atoms with E-state index in [0.717, 1.165) is 6.07 Å². The number of primary sulfonamides is 1. The predicted octanol–water partition coefficient (Wildman–Crippen LogP) is 2.46. The molecular formula is C14H12ClN3O5S. The molecule has 0 aliphatic heterocycles. The van der Waals surface area contributed by atoms with Crippen LogP contribution in [-0.4, -0.2) is 19.2 Å². The lowest BCUT2D eigenvalue weighted by Gasteiger charge is -2.11. The van der Waals surface area contributed by atoms with E-state index in [9.17, 15) is 23.3 Å². The molecule has 10 heteroatoms. The van der Waals surface area contributed by atoms with Gasteiger partial charge in [-0.05, 0) is 30.7 Å². The fourth-order valence-corrected chi connectivity index (χ4v) is 2.65. The quantitative estimate of drug-likeness (QED) is 0.630. The molecule has 3 N–H and O–H groups in total. The molecule has 0 fully saturated rings. The van der Waals surface area contributed by atoms with Crippen molar-refractivity contribution >= 4 is 38.9 Å². The Morgan fingerprint density at radius 3 is 2.50 bits per heavy atom. The molecule has 0 spiro atoms. The van der Waals surface area contributed by atoms with E-state index in [4.69, 9.17) is 16.7 Å². The third kappa shape index (κ3) is 3.88. The summed E-state index contributed by atoms with van der Waals surface area (Å²) in [6, 6.07) is 7.43. The number of anilines is 1. The molecule has 0 unspecified atom stereocenters. The predicted molar refractivity (Wildman–Crippen MR) is 88.6 cm³/mol. The molecule has 0 aliphatic carbocycles. The van der Waals surface area contributed by atoms with Crippen molar-refractivity contribution in [2.75, 3.05) is 5.32 Å². The number of nitrogens with two attached hydrogens (primary N) is 1. The summed E-state index contributed by atoms with van der Waals surface area (Å²) in [5.41, 5.74) is 0.386. The Morgan fingerprint density at radius 2 is 1.92 bits per heavy atom. The van der Waals surface area contributed by atoms with E-state index in [1.807, 2.05) is 0 Å². The van der Waals surface area contributed by atoms with Crippen LogP contribution in [0.2, 0.25) is 5.02 Å². The van der Waals surface area contributed by atoms with E-state index in [1.165, 1.54) is 30.3 Å². The molecule has 126 valence electrons. The minimum atomic E-state index is -3.94. The van der Waals surface area contributed by atoms with E-state index in [1.54, 1.807) is 6.92 Å². The number of nitrogens with zero attached hydrogens (tertiary/aromatic N) is 1. The first kappa shape index (κ1) is 17.9. The van der Waals surface area contributed by atoms with Crippen LogP contribution in [0.15, 0.2) is 41.3 Å². The second-order valence-electron chi connectivity index (χ2n) is 4.90. The molecule has 2 rings (SSSR count). The van der Waals surface area contributed by atoms with Crippen molar-refractivity contribution in [2.45, 2.75) is 11.8 Å². The van der Waals surface area contributed by atoms with Gasteiger partial charge in [-0.2, -0.15) is 0 Å². The topological polar surface area (TPSA) is 132 Å². The van der Waals surface area contributed by atoms with Gasteiger partial charge in [-0.15, -0.1) is 0 Å². The number of halogens is 1. The summed E-state index contributed by atoms with van der Waals surface area (Å²) < 4.78 is 22.8. The maximum absolute atomic E-state index is 12.3. The largest absolute Gasteiger partial charge is 0.322 e. The maximum Gasteiger partial charge on any atom is 0.270 e. The number of nitro groups is 1. The van der Waals surface area contributed by atoms with E-state index in [0.29, 0.717) is 5.56 Å². The van der Waals surface area contributed by atoms with Gasteiger partial charge < -0.3 is 5.32 Å². The van der Waals surface area contributed by atoms with E-state index in [2.05, 4.69) is 5.32 Å². The van der Waals surface area contributed by atoms with Crippen molar-refractivity contribution in [3.05, 3.63) is 62.7 Å². The Hall–Kier alpha value is -2.49. The van der Waals surface area contributed by atoms with Gasteiger partial charge in [0.25, 0.3) is 11.6 Å². The van der Waals surface area contributed by atoms with Crippen LogP contribution in [0.25, 0.3) is 0 Å². The van der Waals surface area contributed by atoms with Gasteiger partial charge in [0.15, 0.2) is 0 Å². The third-order valence-corrected chi connectivity index (χ3v) is 4.43. The number of hydrogen-bond acceptors (Lipinski definition) is 5. The summed E-state index contributed by atoms with van der Waals surface area (Å²) >= 11 is 5.91. The normalized spacial score (nSPS) is 11.1. The van der Waals surface area contributed by atoms with Crippen LogP contribution >= 0.6 is 11.6 Å². The number of sulfonamides is 1. The van der Waals surface area contributed by atoms with Crippen molar-refractivity contribution in [1.29, 1.82) is 0 Å². The number of amides is 1. The SMILES string of the molecule is Cc1ccc(S(N)(=O)=O)cc1NC(=O)c1cc([N+](=O)[O-])ccc1Cl. The standard InChI is InChI=1S/C14H12ClN3O5S/c1-8-2-4-10(24(16,22)23)7-13(8)17-14(19)11-6-9(18(20)21)3-5-12(11)15/h2-7H,1H3,(H,17,19)(H2,16,22,23). The maximum atomic E-state index is 12.3. The highest BCUT2D eigenvalue weighted by Crippen LogP contribution is 2.25. The zero-order chi connectivity index (χ0) is 18.1. The lowest BCUT2D eigenvalue weighted by molar-refractivity contribution is -0.384. The summed E-state index contributed by atoms with van der Waals surface area (Å²) in [6.45, 7) is 1.65. The average Bonchev–Trinajstić information content (AvgIpc) is 2.48. The van der Waals surface area contributed by atoms with Gasteiger partial charge >= 0.3 is 0 Å². The molecule has 0 saturated carbocycles. The van der Waals surface area contributed by atoms with Crippen LogP contribution in [0.1, 0.15) is 15.9 Å². The lowest BCUT2D eigenvalue weighted by atomic mass is 10.1. The van der Waals surface area contributed by atoms with Crippen LogP contribution in [0.3, 0.4) is 0 Å². The van der Waals surface area contributed by atoms with Crippen molar-refractivity contribution in [1.82, 2.24) is 0 Å². The zero-order valence-corrected chi connectivity index (χ0v) is 13.9. The smallest absolute Gasteiger partial charge is 0.270 e. The van der Waals surface area contributed by atoms with Gasteiger partial charge in [0, 0.05) is 17.8 Å². The molecule has 0 aromatic heterocycles. The highest BCUT2D eigenvalue weighted by molar-refractivity contribution is 7.89. The molecule has 0 aliphatic rings. The minimum absolute atomic E-state index is 0.0263. The molecule has 0 saturated heterocycles. The van der Waals surface area contributed by atoms with Crippen LogP contribution in [0.4, 0.5) is 11.4 Å². The summed E-state index contributed by atoms with van der Waals surface area (Å²) in [5, 5.41) is 18.4. The Labute approximate surface area is 142 Å². The number of carbonyl (C=O) groups is 1. The van der Waals surface area contributed by atoms with Gasteiger partial charge in [-0.25, -0.2) is 13.6 Å². The van der Waals surface area contributed by atoms with Crippen LogP contribution < -0.4 is 10.5 Å². The van der Waals surface area contributed by atoms with Gasteiger partial charge in [0.1, 0.15) is 0 Å². The first-order valence-corrected chi connectivity index (χ1v) is 8.41. The average molecular weight is 370 g/mol. The molecule has 24 heavy (non-hydrogen) atoms. The number of benzene rings is 2.